The highest BCUT2D eigenvalue weighted by Gasteiger charge is 2.27. The number of aromatic hydroxyl groups is 1. The van der Waals surface area contributed by atoms with Crippen LogP contribution >= 0.6 is 47.6 Å². The molecule has 0 saturated heterocycles. The van der Waals surface area contributed by atoms with E-state index in [4.69, 9.17) is 37.9 Å². The molecule has 22 nitrogen and oxygen atoms in total. The molecular weight excluding hydrogens is 872 g/mol. The molecule has 0 radical (unpaired) electrons. The molecule has 0 fully saturated rings. The van der Waals surface area contributed by atoms with E-state index in [1.54, 1.807) is 0 Å². The van der Waals surface area contributed by atoms with E-state index in [9.17, 15) is 39.5 Å². The van der Waals surface area contributed by atoms with Gasteiger partial charge in [0.05, 0.1) is 39.9 Å². The third-order valence-corrected chi connectivity index (χ3v) is 11.7. The molecule has 54 heavy (non-hydrogen) atoms. The van der Waals surface area contributed by atoms with Crippen molar-refractivity contribution in [3.05, 3.63) is 59.1 Å². The maximum absolute atomic E-state index is 12.8. The van der Waals surface area contributed by atoms with Crippen molar-refractivity contribution in [1.29, 1.82) is 0 Å². The van der Waals surface area contributed by atoms with Gasteiger partial charge < -0.3 is 10.4 Å². The lowest BCUT2D eigenvalue weighted by Crippen LogP contribution is -2.11. The van der Waals surface area contributed by atoms with E-state index in [-0.39, 0.29) is 77.9 Å². The topological polar surface area (TPSA) is 325 Å². The summed E-state index contributed by atoms with van der Waals surface area (Å²) in [5.41, 5.74) is -1.38. The fraction of sp³-hybridized carbons (Fsp3) is 0.0800. The van der Waals surface area contributed by atoms with Crippen LogP contribution in [0, 0.1) is 0 Å². The zero-order chi connectivity index (χ0) is 39.4. The van der Waals surface area contributed by atoms with Gasteiger partial charge in [-0.1, -0.05) is 22.2 Å². The maximum atomic E-state index is 12.8. The predicted octanol–water partition coefficient (Wildman–Crippen LogP) is 6.05. The monoisotopic (exact) mass is 888 g/mol. The summed E-state index contributed by atoms with van der Waals surface area (Å²) in [6, 6.07) is 8.87. The molecule has 4 aromatic carbocycles. The predicted molar refractivity (Wildman–Crippen MR) is 188 cm³/mol. The Morgan fingerprint density at radius 1 is 0.778 bits per heavy atom. The summed E-state index contributed by atoms with van der Waals surface area (Å²) < 4.78 is 110. The number of hydrogen-bond donors (Lipinski definition) is 6. The SMILES string of the molecule is O=S(=O)(O)c1c(N=Nc2c(SOOO)cc3c(S(=O)(=O)O)c(Nc4nc(Cl)nc(Cl)n4)ccc3c2O)ccc2cc(S(=O)(=O)CCOSOOO)ccc12. The van der Waals surface area contributed by atoms with Crippen LogP contribution in [0.4, 0.5) is 23.0 Å². The number of fused-ring (bicyclic) bond motifs is 2. The number of halogens is 2. The summed E-state index contributed by atoms with van der Waals surface area (Å²) in [5.74, 6) is -1.71. The van der Waals surface area contributed by atoms with Crippen molar-refractivity contribution in [3.63, 3.8) is 0 Å². The fourth-order valence-corrected chi connectivity index (χ4v) is 8.70. The molecule has 0 spiro atoms. The van der Waals surface area contributed by atoms with Crippen LogP contribution in [0.3, 0.4) is 0 Å². The molecule has 0 bridgehead atoms. The van der Waals surface area contributed by atoms with Gasteiger partial charge in [-0.2, -0.15) is 31.8 Å². The Morgan fingerprint density at radius 2 is 1.44 bits per heavy atom. The van der Waals surface area contributed by atoms with E-state index in [1.165, 1.54) is 12.1 Å². The van der Waals surface area contributed by atoms with Gasteiger partial charge in [0, 0.05) is 16.2 Å². The first kappa shape index (κ1) is 41.5. The van der Waals surface area contributed by atoms with Gasteiger partial charge in [0.2, 0.25) is 16.5 Å². The Morgan fingerprint density at radius 3 is 2.09 bits per heavy atom. The second-order valence-electron chi connectivity index (χ2n) is 9.96. The van der Waals surface area contributed by atoms with Crippen LogP contribution in [0.15, 0.2) is 78.3 Å². The van der Waals surface area contributed by atoms with Gasteiger partial charge in [-0.3, -0.25) is 13.3 Å². The van der Waals surface area contributed by atoms with Gasteiger partial charge in [0.25, 0.3) is 20.2 Å². The number of anilines is 2. The van der Waals surface area contributed by atoms with Crippen LogP contribution in [0.5, 0.6) is 5.75 Å². The van der Waals surface area contributed by atoms with E-state index in [0.29, 0.717) is 0 Å². The van der Waals surface area contributed by atoms with Crippen molar-refractivity contribution in [2.24, 2.45) is 10.2 Å². The number of aromatic nitrogens is 3. The van der Waals surface area contributed by atoms with E-state index < -0.39 is 69.3 Å². The Hall–Kier alpha value is -3.62. The number of rotatable bonds is 16. The summed E-state index contributed by atoms with van der Waals surface area (Å²) >= 11 is 11.9. The Bertz CT molecular complexity index is 2600. The molecule has 0 aliphatic rings. The minimum Gasteiger partial charge on any atom is -0.505 e. The lowest BCUT2D eigenvalue weighted by atomic mass is 10.1. The fourth-order valence-electron chi connectivity index (χ4n) is 4.73. The first-order chi connectivity index (χ1) is 25.4. The quantitative estimate of drug-likeness (QED) is 0.0164. The molecule has 0 aliphatic heterocycles. The number of benzene rings is 4. The first-order valence-electron chi connectivity index (χ1n) is 13.7. The first-order valence-corrected chi connectivity index (χ1v) is 20.4. The normalized spacial score (nSPS) is 12.6. The molecule has 5 aromatic rings. The Balaban J connectivity index is 1.61. The van der Waals surface area contributed by atoms with Gasteiger partial charge >= 0.3 is 0 Å². The van der Waals surface area contributed by atoms with Crippen molar-refractivity contribution < 1.29 is 72.9 Å². The van der Waals surface area contributed by atoms with Gasteiger partial charge in [0.1, 0.15) is 21.2 Å². The van der Waals surface area contributed by atoms with Crippen molar-refractivity contribution >= 4 is 122 Å². The van der Waals surface area contributed by atoms with E-state index in [2.05, 4.69) is 49.2 Å². The van der Waals surface area contributed by atoms with Gasteiger partial charge in [-0.05, 0) is 65.0 Å². The number of nitrogens with one attached hydrogen (secondary N) is 1. The molecule has 0 unspecified atom stereocenters. The number of phenolic OH excluding ortho intramolecular Hbond substituents is 1. The van der Waals surface area contributed by atoms with Crippen LogP contribution in [0.1, 0.15) is 0 Å². The second-order valence-corrected chi connectivity index (χ2v) is 16.7. The van der Waals surface area contributed by atoms with Crippen LogP contribution in [0.2, 0.25) is 10.6 Å². The second kappa shape index (κ2) is 17.0. The zero-order valence-electron chi connectivity index (χ0n) is 25.8. The lowest BCUT2D eigenvalue weighted by molar-refractivity contribution is -0.434. The van der Waals surface area contributed by atoms with E-state index in [1.807, 2.05) is 0 Å². The molecular formula is C25H18Cl2N6O16S5. The van der Waals surface area contributed by atoms with Crippen molar-refractivity contribution in [2.75, 3.05) is 17.7 Å². The maximum Gasteiger partial charge on any atom is 0.297 e. The molecule has 6 N–H and O–H groups in total. The van der Waals surface area contributed by atoms with Crippen molar-refractivity contribution in [3.8, 4) is 5.75 Å². The van der Waals surface area contributed by atoms with Crippen molar-refractivity contribution in [2.45, 2.75) is 19.6 Å². The summed E-state index contributed by atoms with van der Waals surface area (Å²) in [6.07, 6.45) is 0. The molecule has 0 atom stereocenters. The highest BCUT2D eigenvalue weighted by molar-refractivity contribution is 7.94. The van der Waals surface area contributed by atoms with Gasteiger partial charge in [-0.25, -0.2) is 18.9 Å². The van der Waals surface area contributed by atoms with Crippen LogP contribution in [-0.2, 0) is 53.0 Å². The third-order valence-electron chi connectivity index (χ3n) is 6.76. The number of nitrogens with zero attached hydrogens (tertiary/aromatic N) is 5. The molecule has 5 rings (SSSR count). The lowest BCUT2D eigenvalue weighted by Gasteiger charge is -2.15. The molecule has 288 valence electrons. The molecule has 1 heterocycles. The molecule has 29 heteroatoms. The Kier molecular flexibility index (Phi) is 13.1. The molecule has 0 aliphatic carbocycles. The van der Waals surface area contributed by atoms with Gasteiger partial charge in [-0.15, -0.1) is 18.9 Å². The van der Waals surface area contributed by atoms with Crippen LogP contribution < -0.4 is 5.32 Å². The Labute approximate surface area is 320 Å². The van der Waals surface area contributed by atoms with Crippen molar-refractivity contribution in [1.82, 2.24) is 15.0 Å². The summed E-state index contributed by atoms with van der Waals surface area (Å²) in [6.45, 7) is -0.401. The number of phenols is 1. The summed E-state index contributed by atoms with van der Waals surface area (Å²) in [7, 11) is -14.3. The van der Waals surface area contributed by atoms with E-state index >= 15 is 0 Å². The molecule has 0 saturated carbocycles. The zero-order valence-corrected chi connectivity index (χ0v) is 31.4. The molecule has 0 amide bonds. The number of sulfone groups is 1. The smallest absolute Gasteiger partial charge is 0.297 e. The largest absolute Gasteiger partial charge is 0.505 e. The average Bonchev–Trinajstić information content (AvgIpc) is 3.08. The highest BCUT2D eigenvalue weighted by Crippen LogP contribution is 2.47. The van der Waals surface area contributed by atoms with Crippen LogP contribution in [0.25, 0.3) is 21.5 Å². The standard InChI is InChI=1S/C25H18Cl2N6O16S5/c26-23-29-24(27)31-25(30-23)28-16-6-4-14-15(22(16)54(42,43)44)10-18(50-48-46-35)19(20(14)34)33-32-17-5-1-11-9-12(2-3-13(11)21(17)53(39,40)41)52(37,38)8-7-45-51-49-47-36/h1-6,9-10,34-36H,7-8H2,(H,39,40,41)(H,42,43,44)(H,28,29,30,31). The summed E-state index contributed by atoms with van der Waals surface area (Å²) in [5, 5.41) is 43.9. The molecule has 1 aromatic heterocycles. The average molecular weight is 890 g/mol. The highest BCUT2D eigenvalue weighted by atomic mass is 35.5. The van der Waals surface area contributed by atoms with Crippen LogP contribution in [-0.4, -0.2) is 77.3 Å². The minimum atomic E-state index is -5.14. The number of hydrogen-bond acceptors (Lipinski definition) is 22. The number of azo groups is 1. The third kappa shape index (κ3) is 9.60. The van der Waals surface area contributed by atoms with E-state index in [0.717, 1.165) is 36.4 Å². The minimum absolute atomic E-state index is 0.0251. The summed E-state index contributed by atoms with van der Waals surface area (Å²) in [4.78, 5) is 8.87. The van der Waals surface area contributed by atoms with Gasteiger partial charge in [0.15, 0.2) is 27.9 Å².